The van der Waals surface area contributed by atoms with Crippen LogP contribution in [0.2, 0.25) is 0 Å². The van der Waals surface area contributed by atoms with Crippen LogP contribution in [0.5, 0.6) is 0 Å². The molecule has 2 heterocycles. The van der Waals surface area contributed by atoms with Crippen molar-refractivity contribution in [2.24, 2.45) is 0 Å². The van der Waals surface area contributed by atoms with Gasteiger partial charge in [-0.2, -0.15) is 0 Å². The molecule has 2 N–H and O–H groups in total. The summed E-state index contributed by atoms with van der Waals surface area (Å²) in [6.07, 6.45) is 5.89. The van der Waals surface area contributed by atoms with E-state index in [0.717, 1.165) is 29.0 Å². The minimum atomic E-state index is -0.234. The summed E-state index contributed by atoms with van der Waals surface area (Å²) in [4.78, 5) is 16.1. The molecule has 134 valence electrons. The third-order valence-corrected chi connectivity index (χ3v) is 3.70. The van der Waals surface area contributed by atoms with Crippen LogP contribution < -0.4 is 10.6 Å². The van der Waals surface area contributed by atoms with Crippen LogP contribution in [-0.2, 0) is 24.4 Å². The lowest BCUT2D eigenvalue weighted by Gasteiger charge is -2.09. The number of carbonyl (C=O) groups excluding carboxylic acids is 1. The van der Waals surface area contributed by atoms with Gasteiger partial charge in [0, 0.05) is 24.6 Å². The zero-order chi connectivity index (χ0) is 18.0. The summed E-state index contributed by atoms with van der Waals surface area (Å²) in [5.74, 6) is 0.785. The summed E-state index contributed by atoms with van der Waals surface area (Å²) in [5, 5.41) is 5.67. The number of hydrogen-bond acceptors (Lipinski definition) is 4. The lowest BCUT2D eigenvalue weighted by Crippen LogP contribution is -2.30. The highest BCUT2D eigenvalue weighted by Gasteiger charge is 2.03. The molecule has 0 atom stereocenters. The number of rotatable bonds is 8. The monoisotopic (exact) mass is 351 g/mol. The zero-order valence-corrected chi connectivity index (χ0v) is 14.4. The third kappa shape index (κ3) is 5.75. The highest BCUT2D eigenvalue weighted by molar-refractivity contribution is 5.89. The first-order valence-corrected chi connectivity index (χ1v) is 8.42. The number of carbonyl (C=O) groups is 1. The van der Waals surface area contributed by atoms with Crippen LogP contribution in [0, 0.1) is 0 Å². The lowest BCUT2D eigenvalue weighted by molar-refractivity contribution is 0.0930. The molecule has 0 aliphatic rings. The molecule has 0 saturated heterocycles. The number of aromatic nitrogens is 1. The fourth-order valence-electron chi connectivity index (χ4n) is 2.44. The van der Waals surface area contributed by atoms with Crippen molar-refractivity contribution in [2.45, 2.75) is 19.6 Å². The molecule has 3 aromatic rings. The summed E-state index contributed by atoms with van der Waals surface area (Å²) < 4.78 is 10.8. The maximum Gasteiger partial charge on any atom is 0.319 e. The van der Waals surface area contributed by atoms with Gasteiger partial charge in [-0.3, -0.25) is 4.98 Å². The number of urea groups is 1. The van der Waals surface area contributed by atoms with Gasteiger partial charge in [0.1, 0.15) is 12.4 Å². The number of anilines is 1. The van der Waals surface area contributed by atoms with Gasteiger partial charge in [-0.05, 0) is 47.9 Å². The molecule has 26 heavy (non-hydrogen) atoms. The number of pyridine rings is 1. The van der Waals surface area contributed by atoms with Gasteiger partial charge in [0.25, 0.3) is 0 Å². The average molecular weight is 351 g/mol. The Balaban J connectivity index is 1.41. The zero-order valence-electron chi connectivity index (χ0n) is 14.4. The van der Waals surface area contributed by atoms with E-state index in [2.05, 4.69) is 15.6 Å². The minimum Gasteiger partial charge on any atom is -0.467 e. The highest BCUT2D eigenvalue weighted by atomic mass is 16.5. The largest absolute Gasteiger partial charge is 0.467 e. The number of furan rings is 1. The van der Waals surface area contributed by atoms with Gasteiger partial charge in [-0.25, -0.2) is 4.79 Å². The Morgan fingerprint density at radius 3 is 2.81 bits per heavy atom. The van der Waals surface area contributed by atoms with Gasteiger partial charge in [-0.1, -0.05) is 18.2 Å². The predicted octanol–water partition coefficient (Wildman–Crippen LogP) is 3.76. The number of benzene rings is 1. The molecule has 1 aromatic carbocycles. The van der Waals surface area contributed by atoms with Crippen LogP contribution in [-0.4, -0.2) is 17.6 Å². The smallest absolute Gasteiger partial charge is 0.319 e. The molecule has 6 nitrogen and oxygen atoms in total. The molecular formula is C20H21N3O3. The number of hydrogen-bond donors (Lipinski definition) is 2. The number of amides is 2. The Hall–Kier alpha value is -3.12. The van der Waals surface area contributed by atoms with Crippen molar-refractivity contribution in [1.82, 2.24) is 10.3 Å². The van der Waals surface area contributed by atoms with Crippen molar-refractivity contribution in [2.75, 3.05) is 11.9 Å². The molecule has 3 rings (SSSR count). The van der Waals surface area contributed by atoms with Crippen molar-refractivity contribution < 1.29 is 13.9 Å². The van der Waals surface area contributed by atoms with E-state index < -0.39 is 0 Å². The van der Waals surface area contributed by atoms with Crippen molar-refractivity contribution in [1.29, 1.82) is 0 Å². The molecule has 2 aromatic heterocycles. The molecule has 0 saturated carbocycles. The molecule has 6 heteroatoms. The van der Waals surface area contributed by atoms with Gasteiger partial charge < -0.3 is 19.8 Å². The molecule has 0 fully saturated rings. The first-order chi connectivity index (χ1) is 12.8. The van der Waals surface area contributed by atoms with Crippen LogP contribution >= 0.6 is 0 Å². The molecule has 0 spiro atoms. The van der Waals surface area contributed by atoms with Crippen molar-refractivity contribution >= 4 is 11.7 Å². The van der Waals surface area contributed by atoms with E-state index in [0.29, 0.717) is 19.8 Å². The van der Waals surface area contributed by atoms with Crippen molar-refractivity contribution in [3.05, 3.63) is 84.1 Å². The predicted molar refractivity (Wildman–Crippen MR) is 98.6 cm³/mol. The first kappa shape index (κ1) is 17.7. The normalized spacial score (nSPS) is 10.5. The van der Waals surface area contributed by atoms with Gasteiger partial charge in [0.2, 0.25) is 0 Å². The topological polar surface area (TPSA) is 76.4 Å². The minimum absolute atomic E-state index is 0.234. The fourth-order valence-corrected chi connectivity index (χ4v) is 2.44. The molecule has 0 bridgehead atoms. The molecule has 2 amide bonds. The molecule has 0 aliphatic carbocycles. The van der Waals surface area contributed by atoms with Gasteiger partial charge >= 0.3 is 6.03 Å². The SMILES string of the molecule is O=C(NCCc1cccnc1)Nc1cccc(COCc2ccco2)c1. The van der Waals surface area contributed by atoms with Crippen molar-refractivity contribution in [3.8, 4) is 0 Å². The van der Waals surface area contributed by atoms with E-state index in [9.17, 15) is 4.79 Å². The second kappa shape index (κ2) is 9.39. The van der Waals surface area contributed by atoms with Crippen molar-refractivity contribution in [3.63, 3.8) is 0 Å². The third-order valence-electron chi connectivity index (χ3n) is 3.70. The van der Waals surface area contributed by atoms with E-state index in [1.807, 2.05) is 48.5 Å². The van der Waals surface area contributed by atoms with E-state index in [1.165, 1.54) is 0 Å². The Morgan fingerprint density at radius 1 is 1.08 bits per heavy atom. The van der Waals surface area contributed by atoms with Crippen LogP contribution in [0.25, 0.3) is 0 Å². The van der Waals surface area contributed by atoms with Crippen LogP contribution in [0.4, 0.5) is 10.5 Å². The van der Waals surface area contributed by atoms with E-state index in [-0.39, 0.29) is 6.03 Å². The van der Waals surface area contributed by atoms with Gasteiger partial charge in [0.05, 0.1) is 12.9 Å². The summed E-state index contributed by atoms with van der Waals surface area (Å²) in [5.41, 5.74) is 2.79. The number of nitrogens with zero attached hydrogens (tertiary/aromatic N) is 1. The first-order valence-electron chi connectivity index (χ1n) is 8.42. The number of ether oxygens (including phenoxy) is 1. The molecular weight excluding hydrogens is 330 g/mol. The summed E-state index contributed by atoms with van der Waals surface area (Å²) in [7, 11) is 0. The quantitative estimate of drug-likeness (QED) is 0.648. The van der Waals surface area contributed by atoms with Gasteiger partial charge in [-0.15, -0.1) is 0 Å². The maximum absolute atomic E-state index is 12.0. The average Bonchev–Trinajstić information content (AvgIpc) is 3.16. The second-order valence-corrected chi connectivity index (χ2v) is 5.76. The maximum atomic E-state index is 12.0. The molecule has 0 radical (unpaired) electrons. The Labute approximate surface area is 152 Å². The van der Waals surface area contributed by atoms with Crippen LogP contribution in [0.15, 0.2) is 71.6 Å². The highest BCUT2D eigenvalue weighted by Crippen LogP contribution is 2.12. The lowest BCUT2D eigenvalue weighted by atomic mass is 10.2. The van der Waals surface area contributed by atoms with E-state index >= 15 is 0 Å². The summed E-state index contributed by atoms with van der Waals surface area (Å²) >= 11 is 0. The van der Waals surface area contributed by atoms with E-state index in [4.69, 9.17) is 9.15 Å². The van der Waals surface area contributed by atoms with Gasteiger partial charge in [0.15, 0.2) is 0 Å². The second-order valence-electron chi connectivity index (χ2n) is 5.76. The Morgan fingerprint density at radius 2 is 2.00 bits per heavy atom. The summed E-state index contributed by atoms with van der Waals surface area (Å²) in [6.45, 7) is 1.40. The number of nitrogens with one attached hydrogen (secondary N) is 2. The van der Waals surface area contributed by atoms with Crippen LogP contribution in [0.3, 0.4) is 0 Å². The Kier molecular flexibility index (Phi) is 6.39. The fraction of sp³-hybridized carbons (Fsp3) is 0.200. The molecule has 0 aliphatic heterocycles. The van der Waals surface area contributed by atoms with E-state index in [1.54, 1.807) is 18.7 Å². The standard InChI is InChI=1S/C20H21N3O3/c24-20(22-10-8-16-5-2-9-21-13-16)23-18-6-1-4-17(12-18)14-25-15-19-7-3-11-26-19/h1-7,9,11-13H,8,10,14-15H2,(H2,22,23,24). The Bertz CT molecular complexity index is 804. The molecule has 0 unspecified atom stereocenters. The van der Waals surface area contributed by atoms with Crippen LogP contribution in [0.1, 0.15) is 16.9 Å². The summed E-state index contributed by atoms with van der Waals surface area (Å²) in [6, 6.07) is 14.9.